The summed E-state index contributed by atoms with van der Waals surface area (Å²) in [4.78, 5) is 21.2. The second-order valence-corrected chi connectivity index (χ2v) is 10.1. The van der Waals surface area contributed by atoms with Crippen molar-refractivity contribution in [3.8, 4) is 34.0 Å². The zero-order valence-corrected chi connectivity index (χ0v) is 23.3. The predicted molar refractivity (Wildman–Crippen MR) is 151 cm³/mol. The van der Waals surface area contributed by atoms with E-state index in [0.29, 0.717) is 30.2 Å². The van der Waals surface area contributed by atoms with Crippen LogP contribution in [0.3, 0.4) is 0 Å². The minimum Gasteiger partial charge on any atom is -0.491 e. The van der Waals surface area contributed by atoms with E-state index in [1.807, 2.05) is 19.1 Å². The molecule has 3 rings (SSSR count). The van der Waals surface area contributed by atoms with Gasteiger partial charge in [0.25, 0.3) is 0 Å². The van der Waals surface area contributed by atoms with E-state index in [-0.39, 0.29) is 13.0 Å². The monoisotopic (exact) mass is 538 g/mol. The van der Waals surface area contributed by atoms with Gasteiger partial charge in [0.2, 0.25) is 5.67 Å². The summed E-state index contributed by atoms with van der Waals surface area (Å²) in [6.45, 7) is 5.50. The summed E-state index contributed by atoms with van der Waals surface area (Å²) < 4.78 is 39.6. The van der Waals surface area contributed by atoms with E-state index >= 15 is 0 Å². The van der Waals surface area contributed by atoms with Crippen LogP contribution in [0.1, 0.15) is 78.6 Å². The molecule has 0 saturated heterocycles. The smallest absolute Gasteiger partial charge is 0.348 e. The fourth-order valence-electron chi connectivity index (χ4n) is 4.13. The van der Waals surface area contributed by atoms with Gasteiger partial charge < -0.3 is 9.47 Å². The number of aromatic nitrogens is 2. The molecule has 0 unspecified atom stereocenters. The summed E-state index contributed by atoms with van der Waals surface area (Å²) >= 11 is 0. The molecule has 0 spiro atoms. The molecule has 0 bridgehead atoms. The second-order valence-electron chi connectivity index (χ2n) is 10.1. The Hall–Kier alpha value is -3.35. The molecule has 3 aromatic rings. The van der Waals surface area contributed by atoms with Gasteiger partial charge >= 0.3 is 5.97 Å². The normalized spacial score (nSPS) is 13.5. The van der Waals surface area contributed by atoms with E-state index in [1.165, 1.54) is 6.92 Å². The van der Waals surface area contributed by atoms with Crippen LogP contribution in [-0.2, 0) is 4.79 Å². The van der Waals surface area contributed by atoms with Crippen molar-refractivity contribution in [3.05, 3.63) is 60.9 Å². The fraction of sp³-hybridized carbons (Fsp3) is 0.469. The van der Waals surface area contributed by atoms with Crippen LogP contribution >= 0.6 is 0 Å². The number of hydrogen-bond acceptors (Lipinski definition) is 5. The average Bonchev–Trinajstić information content (AvgIpc) is 2.95. The van der Waals surface area contributed by atoms with Gasteiger partial charge in [-0.15, -0.1) is 0 Å². The third-order valence-electron chi connectivity index (χ3n) is 6.64. The van der Waals surface area contributed by atoms with E-state index in [0.717, 1.165) is 55.2 Å². The van der Waals surface area contributed by atoms with Crippen LogP contribution in [0.25, 0.3) is 22.5 Å². The van der Waals surface area contributed by atoms with Crippen molar-refractivity contribution in [2.24, 2.45) is 0 Å². The molecule has 0 radical (unpaired) electrons. The van der Waals surface area contributed by atoms with Crippen molar-refractivity contribution < 1.29 is 23.0 Å². The minimum atomic E-state index is -2.01. The summed E-state index contributed by atoms with van der Waals surface area (Å²) in [6.07, 6.45) is 9.85. The topological polar surface area (TPSA) is 61.3 Å². The van der Waals surface area contributed by atoms with Crippen molar-refractivity contribution in [2.45, 2.75) is 90.4 Å². The molecule has 0 aliphatic heterocycles. The summed E-state index contributed by atoms with van der Waals surface area (Å²) in [5, 5.41) is 0. The number of carbonyl (C=O) groups excluding carboxylic acids is 1. The first-order valence-corrected chi connectivity index (χ1v) is 14.0. The van der Waals surface area contributed by atoms with Gasteiger partial charge in [-0.25, -0.2) is 23.5 Å². The van der Waals surface area contributed by atoms with Crippen molar-refractivity contribution >= 4 is 5.97 Å². The summed E-state index contributed by atoms with van der Waals surface area (Å²) in [5.74, 6) is 0.586. The van der Waals surface area contributed by atoms with E-state index in [2.05, 4.69) is 16.9 Å². The lowest BCUT2D eigenvalue weighted by Gasteiger charge is -2.18. The number of halogens is 2. The van der Waals surface area contributed by atoms with Crippen LogP contribution in [0.15, 0.2) is 60.9 Å². The van der Waals surface area contributed by atoms with Crippen LogP contribution in [0.4, 0.5) is 8.78 Å². The van der Waals surface area contributed by atoms with Gasteiger partial charge in [0.15, 0.2) is 5.82 Å². The average molecular weight is 539 g/mol. The van der Waals surface area contributed by atoms with Crippen molar-refractivity contribution in [3.63, 3.8) is 0 Å². The predicted octanol–water partition coefficient (Wildman–Crippen LogP) is 8.71. The lowest BCUT2D eigenvalue weighted by Crippen LogP contribution is -2.34. The number of carbonyl (C=O) groups is 1. The molecule has 0 aliphatic rings. The molecule has 0 aliphatic carbocycles. The van der Waals surface area contributed by atoms with Crippen LogP contribution < -0.4 is 9.47 Å². The highest BCUT2D eigenvalue weighted by Gasteiger charge is 2.34. The third kappa shape index (κ3) is 9.72. The highest BCUT2D eigenvalue weighted by molar-refractivity contribution is 5.81. The SMILES string of the molecule is CCCCCC[C@H](F)COc1ccc(-c2ncc(-c3ccc(OC(=O)[C@@](C)(F)CCCCC)cc3)cn2)cc1. The molecule has 210 valence electrons. The Bertz CT molecular complexity index is 1130. The largest absolute Gasteiger partial charge is 0.491 e. The van der Waals surface area contributed by atoms with Gasteiger partial charge in [0.1, 0.15) is 24.3 Å². The maximum atomic E-state index is 14.7. The molecule has 1 heterocycles. The lowest BCUT2D eigenvalue weighted by atomic mass is 10.0. The lowest BCUT2D eigenvalue weighted by molar-refractivity contribution is -0.147. The zero-order chi connectivity index (χ0) is 28.1. The minimum absolute atomic E-state index is 0.0563. The Morgan fingerprint density at radius 2 is 1.41 bits per heavy atom. The molecule has 0 N–H and O–H groups in total. The van der Waals surface area contributed by atoms with Gasteiger partial charge in [-0.2, -0.15) is 0 Å². The van der Waals surface area contributed by atoms with E-state index in [9.17, 15) is 13.6 Å². The van der Waals surface area contributed by atoms with Crippen molar-refractivity contribution in [1.29, 1.82) is 0 Å². The molecular formula is C32H40F2N2O3. The number of rotatable bonds is 16. The number of hydrogen-bond donors (Lipinski definition) is 0. The third-order valence-corrected chi connectivity index (χ3v) is 6.64. The van der Waals surface area contributed by atoms with Crippen LogP contribution in [0.5, 0.6) is 11.5 Å². The second kappa shape index (κ2) is 15.3. The number of benzene rings is 2. The fourth-order valence-corrected chi connectivity index (χ4v) is 4.13. The Labute approximate surface area is 231 Å². The van der Waals surface area contributed by atoms with E-state index in [4.69, 9.17) is 9.47 Å². The van der Waals surface area contributed by atoms with Gasteiger partial charge in [-0.05, 0) is 68.1 Å². The molecule has 39 heavy (non-hydrogen) atoms. The molecule has 0 fully saturated rings. The number of nitrogens with zero attached hydrogens (tertiary/aromatic N) is 2. The Kier molecular flexibility index (Phi) is 11.8. The first-order chi connectivity index (χ1) is 18.8. The molecule has 0 amide bonds. The van der Waals surface area contributed by atoms with E-state index in [1.54, 1.807) is 48.8 Å². The standard InChI is InChI=1S/C32H40F2N2O3/c1-4-6-8-9-11-27(33)23-38-28-16-14-25(15-17-28)30-35-21-26(22-36-30)24-12-18-29(19-13-24)39-31(37)32(3,34)20-10-7-5-2/h12-19,21-22,27H,4-11,20,23H2,1-3H3/t27-,32-/m0/s1. The van der Waals surface area contributed by atoms with Gasteiger partial charge in [0.05, 0.1) is 0 Å². The van der Waals surface area contributed by atoms with E-state index < -0.39 is 17.8 Å². The maximum Gasteiger partial charge on any atom is 0.348 e. The quantitative estimate of drug-likeness (QED) is 0.104. The summed E-state index contributed by atoms with van der Waals surface area (Å²) in [5.41, 5.74) is 0.442. The zero-order valence-electron chi connectivity index (χ0n) is 23.3. The molecule has 5 nitrogen and oxygen atoms in total. The Morgan fingerprint density at radius 1 is 0.821 bits per heavy atom. The molecule has 2 aromatic carbocycles. The molecule has 1 aromatic heterocycles. The summed E-state index contributed by atoms with van der Waals surface area (Å²) in [7, 11) is 0. The van der Waals surface area contributed by atoms with Gasteiger partial charge in [-0.3, -0.25) is 0 Å². The van der Waals surface area contributed by atoms with Gasteiger partial charge in [0, 0.05) is 23.5 Å². The number of unbranched alkanes of at least 4 members (excludes halogenated alkanes) is 5. The Balaban J connectivity index is 1.52. The van der Waals surface area contributed by atoms with Crippen LogP contribution in [0, 0.1) is 0 Å². The first-order valence-electron chi connectivity index (χ1n) is 14.0. The van der Waals surface area contributed by atoms with Crippen molar-refractivity contribution in [1.82, 2.24) is 9.97 Å². The summed E-state index contributed by atoms with van der Waals surface area (Å²) in [6, 6.07) is 14.1. The van der Waals surface area contributed by atoms with Crippen LogP contribution in [0.2, 0.25) is 0 Å². The molecule has 0 saturated carbocycles. The number of alkyl halides is 2. The molecule has 2 atom stereocenters. The van der Waals surface area contributed by atoms with Gasteiger partial charge in [-0.1, -0.05) is 64.5 Å². The molecule has 7 heteroatoms. The first kappa shape index (κ1) is 30.2. The highest BCUT2D eigenvalue weighted by Crippen LogP contribution is 2.27. The van der Waals surface area contributed by atoms with Crippen LogP contribution in [-0.4, -0.2) is 34.4 Å². The number of ether oxygens (including phenoxy) is 2. The maximum absolute atomic E-state index is 14.7. The molecular weight excluding hydrogens is 498 g/mol. The van der Waals surface area contributed by atoms with Crippen molar-refractivity contribution in [2.75, 3.05) is 6.61 Å². The number of esters is 1. The highest BCUT2D eigenvalue weighted by atomic mass is 19.1. The Morgan fingerprint density at radius 3 is 2.05 bits per heavy atom.